The Morgan fingerprint density at radius 2 is 2.50 bits per heavy atom. The minimum absolute atomic E-state index is 0.176. The Morgan fingerprint density at radius 3 is 3.08 bits per heavy atom. The molecule has 1 unspecified atom stereocenters. The minimum atomic E-state index is -0.228. The van der Waals surface area contributed by atoms with Gasteiger partial charge in [-0.1, -0.05) is 0 Å². The maximum Gasteiger partial charge on any atom is 0.307 e. The Labute approximate surface area is 71.8 Å². The molecule has 1 rings (SSSR count). The van der Waals surface area contributed by atoms with Gasteiger partial charge in [0.1, 0.15) is 0 Å². The summed E-state index contributed by atoms with van der Waals surface area (Å²) in [6, 6.07) is 0. The standard InChI is InChI=1S/C8H14O4/c1-10-8(9)3-5-12-7-2-4-11-6-7/h7H,2-6H2,1H3. The van der Waals surface area contributed by atoms with Crippen LogP contribution in [0.5, 0.6) is 0 Å². The van der Waals surface area contributed by atoms with E-state index in [4.69, 9.17) is 9.47 Å². The molecule has 1 aliphatic heterocycles. The molecule has 1 heterocycles. The van der Waals surface area contributed by atoms with Crippen LogP contribution in [0.4, 0.5) is 0 Å². The molecular weight excluding hydrogens is 160 g/mol. The molecule has 0 aromatic heterocycles. The normalized spacial score (nSPS) is 22.6. The van der Waals surface area contributed by atoms with Crippen molar-refractivity contribution >= 4 is 5.97 Å². The first-order valence-electron chi connectivity index (χ1n) is 4.09. The SMILES string of the molecule is COC(=O)CCOC1CCOC1. The van der Waals surface area contributed by atoms with Gasteiger partial charge in [-0.2, -0.15) is 0 Å². The largest absolute Gasteiger partial charge is 0.469 e. The third-order valence-electron chi connectivity index (χ3n) is 1.78. The van der Waals surface area contributed by atoms with Gasteiger partial charge in [0.05, 0.1) is 32.8 Å². The third-order valence-corrected chi connectivity index (χ3v) is 1.78. The van der Waals surface area contributed by atoms with Crippen LogP contribution >= 0.6 is 0 Å². The molecule has 0 bridgehead atoms. The van der Waals surface area contributed by atoms with E-state index in [2.05, 4.69) is 4.74 Å². The van der Waals surface area contributed by atoms with Gasteiger partial charge < -0.3 is 14.2 Å². The third kappa shape index (κ3) is 3.19. The first kappa shape index (κ1) is 9.48. The van der Waals surface area contributed by atoms with Crippen molar-refractivity contribution in [1.29, 1.82) is 0 Å². The topological polar surface area (TPSA) is 44.8 Å². The number of methoxy groups -OCH3 is 1. The van der Waals surface area contributed by atoms with E-state index in [0.717, 1.165) is 13.0 Å². The Morgan fingerprint density at radius 1 is 1.67 bits per heavy atom. The number of carbonyl (C=O) groups is 1. The van der Waals surface area contributed by atoms with Gasteiger partial charge in [-0.05, 0) is 6.42 Å². The minimum Gasteiger partial charge on any atom is -0.469 e. The number of carbonyl (C=O) groups excluding carboxylic acids is 1. The van der Waals surface area contributed by atoms with Crippen LogP contribution in [0.3, 0.4) is 0 Å². The lowest BCUT2D eigenvalue weighted by Gasteiger charge is -2.07. The lowest BCUT2D eigenvalue weighted by atomic mass is 10.3. The van der Waals surface area contributed by atoms with Gasteiger partial charge in [0.25, 0.3) is 0 Å². The van der Waals surface area contributed by atoms with Crippen LogP contribution in [-0.4, -0.2) is 39.0 Å². The Bertz CT molecular complexity index is 140. The number of esters is 1. The van der Waals surface area contributed by atoms with Gasteiger partial charge in [0, 0.05) is 6.61 Å². The molecule has 0 saturated carbocycles. The molecule has 0 radical (unpaired) electrons. The van der Waals surface area contributed by atoms with Crippen molar-refractivity contribution in [1.82, 2.24) is 0 Å². The molecule has 0 aromatic rings. The molecule has 1 saturated heterocycles. The lowest BCUT2D eigenvalue weighted by Crippen LogP contribution is -2.15. The second-order valence-corrected chi connectivity index (χ2v) is 2.68. The molecule has 0 amide bonds. The zero-order valence-corrected chi connectivity index (χ0v) is 7.25. The molecular formula is C8H14O4. The van der Waals surface area contributed by atoms with E-state index in [1.807, 2.05) is 0 Å². The van der Waals surface area contributed by atoms with Crippen molar-refractivity contribution in [2.45, 2.75) is 18.9 Å². The van der Waals surface area contributed by atoms with Crippen LogP contribution in [0.1, 0.15) is 12.8 Å². The highest BCUT2D eigenvalue weighted by Crippen LogP contribution is 2.08. The first-order valence-corrected chi connectivity index (χ1v) is 4.09. The predicted molar refractivity (Wildman–Crippen MR) is 41.8 cm³/mol. The zero-order valence-electron chi connectivity index (χ0n) is 7.25. The summed E-state index contributed by atoms with van der Waals surface area (Å²) < 4.78 is 14.9. The summed E-state index contributed by atoms with van der Waals surface area (Å²) >= 11 is 0. The molecule has 0 aliphatic carbocycles. The summed E-state index contributed by atoms with van der Waals surface area (Å²) in [7, 11) is 1.38. The summed E-state index contributed by atoms with van der Waals surface area (Å²) in [6.07, 6.45) is 1.43. The van der Waals surface area contributed by atoms with E-state index in [-0.39, 0.29) is 12.1 Å². The average molecular weight is 174 g/mol. The van der Waals surface area contributed by atoms with Crippen LogP contribution in [0, 0.1) is 0 Å². The van der Waals surface area contributed by atoms with Crippen LogP contribution in [0.15, 0.2) is 0 Å². The van der Waals surface area contributed by atoms with Gasteiger partial charge >= 0.3 is 5.97 Å². The van der Waals surface area contributed by atoms with E-state index < -0.39 is 0 Å². The molecule has 0 N–H and O–H groups in total. The fourth-order valence-corrected chi connectivity index (χ4v) is 1.06. The molecule has 0 spiro atoms. The monoisotopic (exact) mass is 174 g/mol. The maximum atomic E-state index is 10.7. The van der Waals surface area contributed by atoms with Crippen molar-refractivity contribution in [3.63, 3.8) is 0 Å². The molecule has 1 aliphatic rings. The highest BCUT2D eigenvalue weighted by molar-refractivity contribution is 5.69. The van der Waals surface area contributed by atoms with E-state index in [1.165, 1.54) is 7.11 Å². The zero-order chi connectivity index (χ0) is 8.81. The van der Waals surface area contributed by atoms with E-state index in [1.54, 1.807) is 0 Å². The molecule has 1 atom stereocenters. The Hall–Kier alpha value is -0.610. The molecule has 12 heavy (non-hydrogen) atoms. The van der Waals surface area contributed by atoms with Gasteiger partial charge in [-0.15, -0.1) is 0 Å². The van der Waals surface area contributed by atoms with Gasteiger partial charge in [0.2, 0.25) is 0 Å². The molecule has 0 aromatic carbocycles. The summed E-state index contributed by atoms with van der Waals surface area (Å²) in [5.41, 5.74) is 0. The molecule has 4 nitrogen and oxygen atoms in total. The van der Waals surface area contributed by atoms with Crippen molar-refractivity contribution < 1.29 is 19.0 Å². The molecule has 1 fully saturated rings. The van der Waals surface area contributed by atoms with E-state index in [0.29, 0.717) is 19.6 Å². The average Bonchev–Trinajstić information content (AvgIpc) is 2.57. The second-order valence-electron chi connectivity index (χ2n) is 2.68. The number of hydrogen-bond donors (Lipinski definition) is 0. The van der Waals surface area contributed by atoms with Crippen molar-refractivity contribution in [2.24, 2.45) is 0 Å². The van der Waals surface area contributed by atoms with Crippen LogP contribution in [0.25, 0.3) is 0 Å². The Kier molecular flexibility index (Phi) is 4.04. The van der Waals surface area contributed by atoms with Crippen LogP contribution in [-0.2, 0) is 19.0 Å². The van der Waals surface area contributed by atoms with Crippen molar-refractivity contribution in [3.05, 3.63) is 0 Å². The van der Waals surface area contributed by atoms with E-state index >= 15 is 0 Å². The highest BCUT2D eigenvalue weighted by Gasteiger charge is 2.15. The number of rotatable bonds is 4. The number of ether oxygens (including phenoxy) is 3. The van der Waals surface area contributed by atoms with Crippen molar-refractivity contribution in [3.8, 4) is 0 Å². The Balaban J connectivity index is 1.97. The fraction of sp³-hybridized carbons (Fsp3) is 0.875. The second kappa shape index (κ2) is 5.11. The summed E-state index contributed by atoms with van der Waals surface area (Å²) in [5.74, 6) is -0.228. The van der Waals surface area contributed by atoms with E-state index in [9.17, 15) is 4.79 Å². The smallest absolute Gasteiger partial charge is 0.307 e. The predicted octanol–water partition coefficient (Wildman–Crippen LogP) is 0.355. The first-order chi connectivity index (χ1) is 5.83. The van der Waals surface area contributed by atoms with Crippen LogP contribution in [0.2, 0.25) is 0 Å². The van der Waals surface area contributed by atoms with Gasteiger partial charge in [0.15, 0.2) is 0 Å². The summed E-state index contributed by atoms with van der Waals surface area (Å²) in [4.78, 5) is 10.7. The van der Waals surface area contributed by atoms with Gasteiger partial charge in [-0.25, -0.2) is 0 Å². The summed E-state index contributed by atoms with van der Waals surface area (Å²) in [5, 5.41) is 0. The van der Waals surface area contributed by atoms with Crippen LogP contribution < -0.4 is 0 Å². The summed E-state index contributed by atoms with van der Waals surface area (Å²) in [6.45, 7) is 1.85. The quantitative estimate of drug-likeness (QED) is 0.577. The van der Waals surface area contributed by atoms with Gasteiger partial charge in [-0.3, -0.25) is 4.79 Å². The number of hydrogen-bond acceptors (Lipinski definition) is 4. The fourth-order valence-electron chi connectivity index (χ4n) is 1.06. The lowest BCUT2D eigenvalue weighted by molar-refractivity contribution is -0.142. The molecule has 70 valence electrons. The maximum absolute atomic E-state index is 10.7. The molecule has 4 heteroatoms. The van der Waals surface area contributed by atoms with Crippen molar-refractivity contribution in [2.75, 3.05) is 26.9 Å². The highest BCUT2D eigenvalue weighted by atomic mass is 16.5.